The molecule has 0 aromatic heterocycles. The molecule has 0 aromatic rings. The van der Waals surface area contributed by atoms with Gasteiger partial charge in [-0.15, -0.1) is 0 Å². The zero-order valence-electron chi connectivity index (χ0n) is 11.7. The average molecular weight is 272 g/mol. The first kappa shape index (κ1) is 15.4. The summed E-state index contributed by atoms with van der Waals surface area (Å²) in [7, 11) is 0. The standard InChI is InChI=1S/C13H24N2O2S/c1-5-8(11(14)18)12(16)15-9-7-10(17-6-2)13(9,3)4/h8-10H,5-7H2,1-4H3,(H2,14,18)(H,15,16). The third-order valence-corrected chi connectivity index (χ3v) is 4.21. The molecule has 1 amide bonds. The van der Waals surface area contributed by atoms with E-state index in [2.05, 4.69) is 19.2 Å². The molecule has 4 nitrogen and oxygen atoms in total. The molecule has 0 spiro atoms. The molecule has 1 saturated carbocycles. The molecule has 1 aliphatic carbocycles. The summed E-state index contributed by atoms with van der Waals surface area (Å²) in [6.45, 7) is 8.84. The van der Waals surface area contributed by atoms with Crippen LogP contribution in [-0.2, 0) is 9.53 Å². The number of amides is 1. The van der Waals surface area contributed by atoms with Crippen LogP contribution in [0.2, 0.25) is 0 Å². The lowest BCUT2D eigenvalue weighted by molar-refractivity contribution is -0.138. The van der Waals surface area contributed by atoms with E-state index < -0.39 is 0 Å². The summed E-state index contributed by atoms with van der Waals surface area (Å²) in [6, 6.07) is 0.143. The van der Waals surface area contributed by atoms with Crippen molar-refractivity contribution in [2.24, 2.45) is 17.1 Å². The van der Waals surface area contributed by atoms with Crippen molar-refractivity contribution in [1.29, 1.82) is 0 Å². The van der Waals surface area contributed by atoms with Crippen molar-refractivity contribution in [3.05, 3.63) is 0 Å². The number of ether oxygens (including phenoxy) is 1. The Labute approximate surface area is 115 Å². The fraction of sp³-hybridized carbons (Fsp3) is 0.846. The van der Waals surface area contributed by atoms with Crippen LogP contribution < -0.4 is 11.1 Å². The summed E-state index contributed by atoms with van der Waals surface area (Å²) in [5.41, 5.74) is 5.54. The summed E-state index contributed by atoms with van der Waals surface area (Å²) in [5, 5.41) is 3.04. The molecule has 0 aromatic carbocycles. The van der Waals surface area contributed by atoms with Gasteiger partial charge in [0.15, 0.2) is 0 Å². The van der Waals surface area contributed by atoms with Crippen molar-refractivity contribution >= 4 is 23.1 Å². The Morgan fingerprint density at radius 2 is 2.17 bits per heavy atom. The molecule has 1 aliphatic rings. The maximum atomic E-state index is 12.1. The van der Waals surface area contributed by atoms with E-state index in [1.807, 2.05) is 13.8 Å². The number of carbonyl (C=O) groups is 1. The lowest BCUT2D eigenvalue weighted by Gasteiger charge is -2.51. The molecule has 0 aliphatic heterocycles. The molecule has 18 heavy (non-hydrogen) atoms. The maximum absolute atomic E-state index is 12.1. The molecular formula is C13H24N2O2S. The lowest BCUT2D eigenvalue weighted by Crippen LogP contribution is -2.63. The summed E-state index contributed by atoms with van der Waals surface area (Å²) < 4.78 is 5.64. The molecule has 0 saturated heterocycles. The largest absolute Gasteiger partial charge is 0.393 e. The van der Waals surface area contributed by atoms with Gasteiger partial charge in [0.05, 0.1) is 17.0 Å². The molecule has 104 valence electrons. The van der Waals surface area contributed by atoms with Crippen molar-refractivity contribution < 1.29 is 9.53 Å². The van der Waals surface area contributed by atoms with E-state index in [9.17, 15) is 4.79 Å². The van der Waals surface area contributed by atoms with Gasteiger partial charge in [0.25, 0.3) is 0 Å². The molecule has 3 N–H and O–H groups in total. The van der Waals surface area contributed by atoms with Gasteiger partial charge in [-0.3, -0.25) is 4.79 Å². The molecule has 0 radical (unpaired) electrons. The van der Waals surface area contributed by atoms with Crippen molar-refractivity contribution in [3.63, 3.8) is 0 Å². The van der Waals surface area contributed by atoms with Crippen LogP contribution in [0, 0.1) is 11.3 Å². The van der Waals surface area contributed by atoms with E-state index >= 15 is 0 Å². The first-order valence-corrected chi connectivity index (χ1v) is 6.96. The summed E-state index contributed by atoms with van der Waals surface area (Å²) >= 11 is 4.91. The summed E-state index contributed by atoms with van der Waals surface area (Å²) in [6.07, 6.45) is 1.72. The number of hydrogen-bond acceptors (Lipinski definition) is 3. The average Bonchev–Trinajstić information content (AvgIpc) is 2.28. The van der Waals surface area contributed by atoms with E-state index in [0.717, 1.165) is 6.42 Å². The van der Waals surface area contributed by atoms with Crippen LogP contribution in [0.1, 0.15) is 40.5 Å². The normalized spacial score (nSPS) is 27.1. The highest BCUT2D eigenvalue weighted by molar-refractivity contribution is 7.80. The van der Waals surface area contributed by atoms with Crippen molar-refractivity contribution in [3.8, 4) is 0 Å². The van der Waals surface area contributed by atoms with Crippen LogP contribution in [0.3, 0.4) is 0 Å². The van der Waals surface area contributed by atoms with E-state index in [4.69, 9.17) is 22.7 Å². The van der Waals surface area contributed by atoms with Crippen LogP contribution in [0.25, 0.3) is 0 Å². The quantitative estimate of drug-likeness (QED) is 0.721. The predicted molar refractivity (Wildman–Crippen MR) is 76.3 cm³/mol. The number of hydrogen-bond donors (Lipinski definition) is 2. The summed E-state index contributed by atoms with van der Waals surface area (Å²) in [5.74, 6) is -0.417. The second kappa shape index (κ2) is 5.97. The molecule has 1 rings (SSSR count). The number of nitrogens with one attached hydrogen (secondary N) is 1. The zero-order chi connectivity index (χ0) is 13.9. The van der Waals surface area contributed by atoms with E-state index in [-0.39, 0.29) is 34.4 Å². The van der Waals surface area contributed by atoms with E-state index in [1.165, 1.54) is 0 Å². The van der Waals surface area contributed by atoms with Gasteiger partial charge < -0.3 is 15.8 Å². The Morgan fingerprint density at radius 1 is 1.56 bits per heavy atom. The molecule has 0 heterocycles. The van der Waals surface area contributed by atoms with Crippen LogP contribution in [0.5, 0.6) is 0 Å². The first-order chi connectivity index (χ1) is 8.34. The van der Waals surface area contributed by atoms with Crippen molar-refractivity contribution in [2.45, 2.75) is 52.7 Å². The maximum Gasteiger partial charge on any atom is 0.230 e. The van der Waals surface area contributed by atoms with Gasteiger partial charge in [-0.25, -0.2) is 0 Å². The smallest absolute Gasteiger partial charge is 0.230 e. The molecule has 3 unspecified atom stereocenters. The number of nitrogens with two attached hydrogens (primary N) is 1. The number of thiocarbonyl (C=S) groups is 1. The van der Waals surface area contributed by atoms with E-state index in [0.29, 0.717) is 13.0 Å². The molecule has 5 heteroatoms. The Kier molecular flexibility index (Phi) is 5.10. The topological polar surface area (TPSA) is 64.3 Å². The van der Waals surface area contributed by atoms with Crippen LogP contribution in [0.15, 0.2) is 0 Å². The molecule has 3 atom stereocenters. The van der Waals surface area contributed by atoms with E-state index in [1.54, 1.807) is 0 Å². The Morgan fingerprint density at radius 3 is 2.56 bits per heavy atom. The third kappa shape index (κ3) is 3.01. The monoisotopic (exact) mass is 272 g/mol. The van der Waals surface area contributed by atoms with Gasteiger partial charge >= 0.3 is 0 Å². The third-order valence-electron chi connectivity index (χ3n) is 3.93. The highest BCUT2D eigenvalue weighted by atomic mass is 32.1. The predicted octanol–water partition coefficient (Wildman–Crippen LogP) is 1.62. The van der Waals surface area contributed by atoms with Crippen LogP contribution in [0.4, 0.5) is 0 Å². The van der Waals surface area contributed by atoms with Gasteiger partial charge in [0, 0.05) is 18.1 Å². The van der Waals surface area contributed by atoms with Gasteiger partial charge in [-0.05, 0) is 19.8 Å². The van der Waals surface area contributed by atoms with Crippen LogP contribution >= 0.6 is 12.2 Å². The minimum Gasteiger partial charge on any atom is -0.393 e. The van der Waals surface area contributed by atoms with Gasteiger partial charge in [0.2, 0.25) is 5.91 Å². The zero-order valence-corrected chi connectivity index (χ0v) is 12.5. The van der Waals surface area contributed by atoms with Crippen molar-refractivity contribution in [1.82, 2.24) is 5.32 Å². The minimum atomic E-state index is -0.359. The van der Waals surface area contributed by atoms with Crippen molar-refractivity contribution in [2.75, 3.05) is 6.61 Å². The molecule has 0 bridgehead atoms. The molecule has 1 fully saturated rings. The number of rotatable bonds is 6. The fourth-order valence-corrected chi connectivity index (χ4v) is 2.68. The minimum absolute atomic E-state index is 0.0276. The van der Waals surface area contributed by atoms with Gasteiger partial charge in [-0.2, -0.15) is 0 Å². The SMILES string of the molecule is CCOC1CC(NC(=O)C(CC)C(N)=S)C1(C)C. The highest BCUT2D eigenvalue weighted by Crippen LogP contribution is 2.42. The highest BCUT2D eigenvalue weighted by Gasteiger charge is 2.49. The second-order valence-corrected chi connectivity index (χ2v) is 5.90. The lowest BCUT2D eigenvalue weighted by atomic mass is 9.64. The summed E-state index contributed by atoms with van der Waals surface area (Å²) in [4.78, 5) is 12.3. The van der Waals surface area contributed by atoms with Crippen LogP contribution in [-0.4, -0.2) is 29.6 Å². The van der Waals surface area contributed by atoms with Gasteiger partial charge in [0.1, 0.15) is 0 Å². The Hall–Kier alpha value is -0.680. The fourth-order valence-electron chi connectivity index (χ4n) is 2.40. The van der Waals surface area contributed by atoms with Gasteiger partial charge in [-0.1, -0.05) is 33.0 Å². The Balaban J connectivity index is 2.55. The first-order valence-electron chi connectivity index (χ1n) is 6.55. The second-order valence-electron chi connectivity index (χ2n) is 5.43. The Bertz CT molecular complexity index is 331. The molecular weight excluding hydrogens is 248 g/mol. The number of carbonyl (C=O) groups excluding carboxylic acids is 1.